The van der Waals surface area contributed by atoms with E-state index < -0.39 is 12.5 Å². The molecular formula is C9H10BrNO3. The van der Waals surface area contributed by atoms with Crippen LogP contribution in [0.3, 0.4) is 0 Å². The van der Waals surface area contributed by atoms with Crippen LogP contribution >= 0.6 is 15.9 Å². The van der Waals surface area contributed by atoms with E-state index in [0.29, 0.717) is 11.4 Å². The lowest BCUT2D eigenvalue weighted by Crippen LogP contribution is -2.15. The third kappa shape index (κ3) is 2.71. The maximum atomic E-state index is 10.8. The summed E-state index contributed by atoms with van der Waals surface area (Å²) >= 11 is 3.28. The Hall–Kier alpha value is -1.07. The summed E-state index contributed by atoms with van der Waals surface area (Å²) in [6, 6.07) is 5.11. The average molecular weight is 260 g/mol. The van der Waals surface area contributed by atoms with Crippen LogP contribution in [-0.2, 0) is 4.79 Å². The molecule has 4 nitrogen and oxygen atoms in total. The molecule has 0 bridgehead atoms. The molecule has 1 amide bonds. The Balaban J connectivity index is 2.81. The van der Waals surface area contributed by atoms with Crippen LogP contribution in [0.15, 0.2) is 22.7 Å². The van der Waals surface area contributed by atoms with Gasteiger partial charge < -0.3 is 15.2 Å². The van der Waals surface area contributed by atoms with Gasteiger partial charge in [0.25, 0.3) is 0 Å². The summed E-state index contributed by atoms with van der Waals surface area (Å²) in [5, 5.41) is 11.0. The molecule has 0 saturated heterocycles. The van der Waals surface area contributed by atoms with E-state index in [1.54, 1.807) is 25.3 Å². The van der Waals surface area contributed by atoms with Gasteiger partial charge in [-0.3, -0.25) is 4.79 Å². The minimum absolute atomic E-state index is 0.443. The Labute approximate surface area is 90.0 Å². The number of anilines is 1. The van der Waals surface area contributed by atoms with Crippen LogP contribution < -0.4 is 10.1 Å². The first-order chi connectivity index (χ1) is 6.67. The molecule has 2 N–H and O–H groups in total. The van der Waals surface area contributed by atoms with Crippen molar-refractivity contribution < 1.29 is 14.6 Å². The van der Waals surface area contributed by atoms with E-state index in [1.807, 2.05) is 0 Å². The molecule has 0 atom stereocenters. The van der Waals surface area contributed by atoms with Gasteiger partial charge >= 0.3 is 0 Å². The number of aliphatic hydroxyl groups is 1. The molecule has 0 heterocycles. The number of nitrogens with one attached hydrogen (secondary N) is 1. The monoisotopic (exact) mass is 259 g/mol. The molecule has 76 valence electrons. The lowest BCUT2D eigenvalue weighted by Gasteiger charge is -2.06. The van der Waals surface area contributed by atoms with Crippen LogP contribution in [0.4, 0.5) is 5.69 Å². The lowest BCUT2D eigenvalue weighted by molar-refractivity contribution is -0.118. The molecule has 0 fully saturated rings. The molecule has 1 aromatic carbocycles. The topological polar surface area (TPSA) is 58.6 Å². The van der Waals surface area contributed by atoms with Crippen molar-refractivity contribution in [3.63, 3.8) is 0 Å². The summed E-state index contributed by atoms with van der Waals surface area (Å²) < 4.78 is 5.77. The van der Waals surface area contributed by atoms with Gasteiger partial charge in [-0.15, -0.1) is 0 Å². The maximum absolute atomic E-state index is 10.8. The number of amides is 1. The molecule has 0 aromatic heterocycles. The second kappa shape index (κ2) is 4.97. The smallest absolute Gasteiger partial charge is 0.250 e. The van der Waals surface area contributed by atoms with Gasteiger partial charge in [-0.2, -0.15) is 0 Å². The standard InChI is InChI=1S/C9H10BrNO3/c1-14-8-3-2-6(4-7(8)10)11-9(13)5-12/h2-4,12H,5H2,1H3,(H,11,13). The fraction of sp³-hybridized carbons (Fsp3) is 0.222. The number of hydrogen-bond acceptors (Lipinski definition) is 3. The van der Waals surface area contributed by atoms with E-state index in [-0.39, 0.29) is 0 Å². The zero-order valence-electron chi connectivity index (χ0n) is 7.58. The zero-order valence-corrected chi connectivity index (χ0v) is 9.17. The minimum atomic E-state index is -0.524. The summed E-state index contributed by atoms with van der Waals surface area (Å²) in [6.45, 7) is -0.524. The van der Waals surface area contributed by atoms with Gasteiger partial charge in [0.1, 0.15) is 12.4 Å². The predicted molar refractivity (Wildman–Crippen MR) is 56.4 cm³/mol. The van der Waals surface area contributed by atoms with Crippen molar-refractivity contribution in [1.29, 1.82) is 0 Å². The Morgan fingerprint density at radius 1 is 1.64 bits per heavy atom. The Bertz CT molecular complexity index is 341. The molecule has 1 rings (SSSR count). The summed E-state index contributed by atoms with van der Waals surface area (Å²) in [5.41, 5.74) is 0.608. The molecule has 0 radical (unpaired) electrons. The van der Waals surface area contributed by atoms with Crippen LogP contribution in [-0.4, -0.2) is 24.7 Å². The Morgan fingerprint density at radius 3 is 2.86 bits per heavy atom. The van der Waals surface area contributed by atoms with Gasteiger partial charge in [0.05, 0.1) is 11.6 Å². The fourth-order valence-corrected chi connectivity index (χ4v) is 1.49. The van der Waals surface area contributed by atoms with Crippen molar-refractivity contribution in [2.24, 2.45) is 0 Å². The van der Waals surface area contributed by atoms with Crippen molar-refractivity contribution in [2.75, 3.05) is 19.0 Å². The second-order valence-electron chi connectivity index (χ2n) is 2.56. The molecule has 0 spiro atoms. The van der Waals surface area contributed by atoms with Gasteiger partial charge in [0.2, 0.25) is 5.91 Å². The van der Waals surface area contributed by atoms with Crippen LogP contribution in [0.25, 0.3) is 0 Å². The van der Waals surface area contributed by atoms with E-state index in [9.17, 15) is 4.79 Å². The lowest BCUT2D eigenvalue weighted by atomic mass is 10.3. The van der Waals surface area contributed by atoms with Crippen LogP contribution in [0.1, 0.15) is 0 Å². The van der Waals surface area contributed by atoms with Crippen molar-refractivity contribution in [2.45, 2.75) is 0 Å². The van der Waals surface area contributed by atoms with Gasteiger partial charge in [0.15, 0.2) is 0 Å². The van der Waals surface area contributed by atoms with Crippen LogP contribution in [0, 0.1) is 0 Å². The summed E-state index contributed by atoms with van der Waals surface area (Å²) in [4.78, 5) is 10.8. The quantitative estimate of drug-likeness (QED) is 0.863. The first-order valence-corrected chi connectivity index (χ1v) is 4.71. The number of carbonyl (C=O) groups is 1. The number of benzene rings is 1. The van der Waals surface area contributed by atoms with Crippen molar-refractivity contribution in [3.05, 3.63) is 22.7 Å². The minimum Gasteiger partial charge on any atom is -0.496 e. The SMILES string of the molecule is COc1ccc(NC(=O)CO)cc1Br. The molecular weight excluding hydrogens is 250 g/mol. The summed E-state index contributed by atoms with van der Waals surface area (Å²) in [6.07, 6.45) is 0. The number of carbonyl (C=O) groups excluding carboxylic acids is 1. The third-order valence-corrected chi connectivity index (χ3v) is 2.20. The van der Waals surface area contributed by atoms with Crippen molar-refractivity contribution in [3.8, 4) is 5.75 Å². The number of halogens is 1. The largest absolute Gasteiger partial charge is 0.496 e. The highest BCUT2D eigenvalue weighted by Gasteiger charge is 2.03. The molecule has 14 heavy (non-hydrogen) atoms. The third-order valence-electron chi connectivity index (χ3n) is 1.58. The molecule has 5 heteroatoms. The molecule has 0 aliphatic carbocycles. The molecule has 0 saturated carbocycles. The number of ether oxygens (including phenoxy) is 1. The van der Waals surface area contributed by atoms with Gasteiger partial charge in [0, 0.05) is 5.69 Å². The second-order valence-corrected chi connectivity index (χ2v) is 3.41. The van der Waals surface area contributed by atoms with Crippen molar-refractivity contribution >= 4 is 27.5 Å². The molecule has 0 aliphatic heterocycles. The van der Waals surface area contributed by atoms with E-state index in [2.05, 4.69) is 21.2 Å². The predicted octanol–water partition coefficient (Wildman–Crippen LogP) is 1.39. The number of rotatable bonds is 3. The Morgan fingerprint density at radius 2 is 2.36 bits per heavy atom. The van der Waals surface area contributed by atoms with Crippen LogP contribution in [0.2, 0.25) is 0 Å². The first kappa shape index (κ1) is 11.0. The molecule has 0 unspecified atom stereocenters. The molecule has 1 aromatic rings. The average Bonchev–Trinajstić information content (AvgIpc) is 2.18. The van der Waals surface area contributed by atoms with Gasteiger partial charge in [-0.1, -0.05) is 0 Å². The van der Waals surface area contributed by atoms with Gasteiger partial charge in [-0.25, -0.2) is 0 Å². The van der Waals surface area contributed by atoms with Gasteiger partial charge in [-0.05, 0) is 34.1 Å². The highest BCUT2D eigenvalue weighted by atomic mass is 79.9. The summed E-state index contributed by atoms with van der Waals surface area (Å²) in [5.74, 6) is 0.245. The number of aliphatic hydroxyl groups excluding tert-OH is 1. The first-order valence-electron chi connectivity index (χ1n) is 3.91. The van der Waals surface area contributed by atoms with E-state index in [1.165, 1.54) is 0 Å². The number of hydrogen-bond donors (Lipinski definition) is 2. The normalized spacial score (nSPS) is 9.64. The van der Waals surface area contributed by atoms with Crippen LogP contribution in [0.5, 0.6) is 5.75 Å². The van der Waals surface area contributed by atoms with E-state index >= 15 is 0 Å². The highest BCUT2D eigenvalue weighted by molar-refractivity contribution is 9.10. The Kier molecular flexibility index (Phi) is 3.91. The fourth-order valence-electron chi connectivity index (χ4n) is 0.945. The summed E-state index contributed by atoms with van der Waals surface area (Å²) in [7, 11) is 1.56. The van der Waals surface area contributed by atoms with E-state index in [4.69, 9.17) is 9.84 Å². The number of methoxy groups -OCH3 is 1. The maximum Gasteiger partial charge on any atom is 0.250 e. The highest BCUT2D eigenvalue weighted by Crippen LogP contribution is 2.27. The zero-order chi connectivity index (χ0) is 10.6. The molecule has 0 aliphatic rings. The van der Waals surface area contributed by atoms with E-state index in [0.717, 1.165) is 4.47 Å². The van der Waals surface area contributed by atoms with Crippen molar-refractivity contribution in [1.82, 2.24) is 0 Å².